The molecule has 0 atom stereocenters. The number of furan rings is 2. The molecule has 0 aliphatic carbocycles. The summed E-state index contributed by atoms with van der Waals surface area (Å²) in [6.07, 6.45) is 6.04. The highest BCUT2D eigenvalue weighted by molar-refractivity contribution is 5.98. The molecule has 0 fully saturated rings. The molecular formula is C17H15NO3. The maximum absolute atomic E-state index is 12.0. The molecule has 0 aliphatic rings. The Morgan fingerprint density at radius 3 is 2.95 bits per heavy atom. The first-order valence-electron chi connectivity index (χ1n) is 6.78. The van der Waals surface area contributed by atoms with Crippen molar-refractivity contribution in [3.05, 3.63) is 48.6 Å². The highest BCUT2D eigenvalue weighted by Gasteiger charge is 2.14. The quantitative estimate of drug-likeness (QED) is 0.516. The third kappa shape index (κ3) is 2.65. The maximum atomic E-state index is 12.0. The fourth-order valence-electron chi connectivity index (χ4n) is 2.27. The molecule has 0 saturated carbocycles. The highest BCUT2D eigenvalue weighted by Crippen LogP contribution is 2.31. The molecule has 0 spiro atoms. The van der Waals surface area contributed by atoms with Crippen LogP contribution in [0, 0.1) is 0 Å². The molecule has 0 unspecified atom stereocenters. The standard InChI is InChI=1S/C17H15NO3/c1-18-8-4-6-15(19)17-9-12(10-20-17)14-11-21-16-7-3-2-5-13(14)16/h2-3,5,7-11H,4,6H2,1H3/b18-8-. The van der Waals surface area contributed by atoms with Crippen molar-refractivity contribution >= 4 is 23.0 Å². The molecule has 0 amide bonds. The Kier molecular flexibility index (Phi) is 3.69. The number of carbonyl (C=O) groups is 1. The van der Waals surface area contributed by atoms with E-state index in [2.05, 4.69) is 4.99 Å². The molecular weight excluding hydrogens is 266 g/mol. The lowest BCUT2D eigenvalue weighted by atomic mass is 10.1. The van der Waals surface area contributed by atoms with E-state index in [-0.39, 0.29) is 5.78 Å². The van der Waals surface area contributed by atoms with Crippen LogP contribution in [0.5, 0.6) is 0 Å². The number of hydrogen-bond acceptors (Lipinski definition) is 4. The van der Waals surface area contributed by atoms with Crippen LogP contribution < -0.4 is 0 Å². The van der Waals surface area contributed by atoms with Crippen molar-refractivity contribution in [2.24, 2.45) is 4.99 Å². The number of hydrogen-bond donors (Lipinski definition) is 0. The molecule has 4 nitrogen and oxygen atoms in total. The lowest BCUT2D eigenvalue weighted by molar-refractivity contribution is 0.0958. The van der Waals surface area contributed by atoms with Crippen LogP contribution >= 0.6 is 0 Å². The van der Waals surface area contributed by atoms with Crippen LogP contribution in [-0.4, -0.2) is 19.0 Å². The van der Waals surface area contributed by atoms with Crippen molar-refractivity contribution in [1.29, 1.82) is 0 Å². The van der Waals surface area contributed by atoms with Crippen LogP contribution in [0.4, 0.5) is 0 Å². The second-order valence-corrected chi connectivity index (χ2v) is 4.75. The average Bonchev–Trinajstić information content (AvgIpc) is 3.13. The fraction of sp³-hybridized carbons (Fsp3) is 0.176. The van der Waals surface area contributed by atoms with Gasteiger partial charge in [0.15, 0.2) is 11.5 Å². The monoisotopic (exact) mass is 281 g/mol. The van der Waals surface area contributed by atoms with Crippen LogP contribution in [0.25, 0.3) is 22.1 Å². The van der Waals surface area contributed by atoms with E-state index in [1.165, 1.54) is 0 Å². The Morgan fingerprint density at radius 1 is 1.24 bits per heavy atom. The normalized spacial score (nSPS) is 11.5. The summed E-state index contributed by atoms with van der Waals surface area (Å²) < 4.78 is 10.9. The highest BCUT2D eigenvalue weighted by atomic mass is 16.3. The van der Waals surface area contributed by atoms with Crippen LogP contribution in [0.1, 0.15) is 23.4 Å². The Hall–Kier alpha value is -2.62. The summed E-state index contributed by atoms with van der Waals surface area (Å²) in [4.78, 5) is 15.8. The number of Topliss-reactive ketones (excluding diaryl/α,β-unsaturated/α-hetero) is 1. The number of nitrogens with zero attached hydrogens (tertiary/aromatic N) is 1. The second kappa shape index (κ2) is 5.79. The van der Waals surface area contributed by atoms with Crippen LogP contribution in [0.2, 0.25) is 0 Å². The summed E-state index contributed by atoms with van der Waals surface area (Å²) in [5, 5.41) is 1.01. The van der Waals surface area contributed by atoms with Crippen LogP contribution in [-0.2, 0) is 0 Å². The van der Waals surface area contributed by atoms with Gasteiger partial charge in [-0.1, -0.05) is 18.2 Å². The summed E-state index contributed by atoms with van der Waals surface area (Å²) >= 11 is 0. The molecule has 21 heavy (non-hydrogen) atoms. The largest absolute Gasteiger partial charge is 0.464 e. The van der Waals surface area contributed by atoms with E-state index < -0.39 is 0 Å². The molecule has 1 aromatic carbocycles. The van der Waals surface area contributed by atoms with Gasteiger partial charge in [0.05, 0.1) is 12.5 Å². The zero-order valence-corrected chi connectivity index (χ0v) is 11.7. The first kappa shape index (κ1) is 13.4. The van der Waals surface area contributed by atoms with Gasteiger partial charge in [-0.2, -0.15) is 0 Å². The minimum Gasteiger partial charge on any atom is -0.464 e. The van der Waals surface area contributed by atoms with E-state index in [9.17, 15) is 4.79 Å². The average molecular weight is 281 g/mol. The summed E-state index contributed by atoms with van der Waals surface area (Å²) in [7, 11) is 1.69. The zero-order valence-electron chi connectivity index (χ0n) is 11.7. The van der Waals surface area contributed by atoms with Crippen LogP contribution in [0.15, 0.2) is 56.7 Å². The molecule has 0 N–H and O–H groups in total. The third-order valence-corrected chi connectivity index (χ3v) is 3.35. The van der Waals surface area contributed by atoms with E-state index >= 15 is 0 Å². The summed E-state index contributed by atoms with van der Waals surface area (Å²) in [5.74, 6) is 0.355. The van der Waals surface area contributed by atoms with Gasteiger partial charge in [-0.05, 0) is 24.8 Å². The topological polar surface area (TPSA) is 55.7 Å². The predicted molar refractivity (Wildman–Crippen MR) is 81.9 cm³/mol. The van der Waals surface area contributed by atoms with Gasteiger partial charge in [0, 0.05) is 30.0 Å². The van der Waals surface area contributed by atoms with E-state index in [4.69, 9.17) is 8.83 Å². The van der Waals surface area contributed by atoms with Gasteiger partial charge in [-0.3, -0.25) is 4.79 Å². The Morgan fingerprint density at radius 2 is 2.10 bits per heavy atom. The van der Waals surface area contributed by atoms with Gasteiger partial charge in [0.25, 0.3) is 0 Å². The summed E-state index contributed by atoms with van der Waals surface area (Å²) in [5.41, 5.74) is 2.61. The number of para-hydroxylation sites is 1. The molecule has 3 aromatic rings. The predicted octanol–water partition coefficient (Wildman–Crippen LogP) is 4.36. The molecule has 2 heterocycles. The van der Waals surface area contributed by atoms with Crippen molar-refractivity contribution in [1.82, 2.24) is 0 Å². The SMILES string of the molecule is C/N=C\CCC(=O)c1cc(-c2coc3ccccc23)co1. The van der Waals surface area contributed by atoms with E-state index in [0.717, 1.165) is 22.1 Å². The minimum absolute atomic E-state index is 0.0195. The molecule has 0 saturated heterocycles. The van der Waals surface area contributed by atoms with Gasteiger partial charge in [-0.25, -0.2) is 0 Å². The van der Waals surface area contributed by atoms with E-state index in [1.807, 2.05) is 24.3 Å². The fourth-order valence-corrected chi connectivity index (χ4v) is 2.27. The molecule has 106 valence electrons. The molecule has 4 heteroatoms. The summed E-state index contributed by atoms with van der Waals surface area (Å²) in [6, 6.07) is 9.55. The van der Waals surface area contributed by atoms with Crippen molar-refractivity contribution in [2.45, 2.75) is 12.8 Å². The molecule has 3 rings (SSSR count). The lowest BCUT2D eigenvalue weighted by Crippen LogP contribution is -1.96. The summed E-state index contributed by atoms with van der Waals surface area (Å²) in [6.45, 7) is 0. The number of rotatable bonds is 5. The molecule has 0 bridgehead atoms. The second-order valence-electron chi connectivity index (χ2n) is 4.75. The Labute approximate surface area is 122 Å². The Bertz CT molecular complexity index is 795. The first-order valence-corrected chi connectivity index (χ1v) is 6.78. The first-order chi connectivity index (χ1) is 10.3. The minimum atomic E-state index is -0.0195. The smallest absolute Gasteiger partial charge is 0.198 e. The number of carbonyl (C=O) groups excluding carboxylic acids is 1. The van der Waals surface area contributed by atoms with Crippen LogP contribution in [0.3, 0.4) is 0 Å². The Balaban J connectivity index is 1.86. The molecule has 2 aromatic heterocycles. The number of ketones is 1. The maximum Gasteiger partial charge on any atom is 0.198 e. The molecule has 0 aliphatic heterocycles. The van der Waals surface area contributed by atoms with Gasteiger partial charge < -0.3 is 13.8 Å². The number of fused-ring (bicyclic) bond motifs is 1. The van der Waals surface area contributed by atoms with Crippen molar-refractivity contribution < 1.29 is 13.6 Å². The van der Waals surface area contributed by atoms with Crippen molar-refractivity contribution in [3.63, 3.8) is 0 Å². The van der Waals surface area contributed by atoms with Gasteiger partial charge >= 0.3 is 0 Å². The van der Waals surface area contributed by atoms with Crippen molar-refractivity contribution in [2.75, 3.05) is 7.05 Å². The van der Waals surface area contributed by atoms with Gasteiger partial charge in [0.2, 0.25) is 0 Å². The van der Waals surface area contributed by atoms with E-state index in [0.29, 0.717) is 18.6 Å². The lowest BCUT2D eigenvalue weighted by Gasteiger charge is -1.92. The van der Waals surface area contributed by atoms with Crippen molar-refractivity contribution in [3.8, 4) is 11.1 Å². The third-order valence-electron chi connectivity index (χ3n) is 3.35. The zero-order chi connectivity index (χ0) is 14.7. The molecule has 0 radical (unpaired) electrons. The van der Waals surface area contributed by atoms with Gasteiger partial charge in [-0.15, -0.1) is 0 Å². The van der Waals surface area contributed by atoms with Gasteiger partial charge in [0.1, 0.15) is 5.58 Å². The van der Waals surface area contributed by atoms with E-state index in [1.54, 1.807) is 31.9 Å². The number of aliphatic imine (C=N–C) groups is 1. The number of benzene rings is 1.